The van der Waals surface area contributed by atoms with E-state index in [1.807, 2.05) is 0 Å². The van der Waals surface area contributed by atoms with E-state index in [2.05, 4.69) is 19.1 Å². The van der Waals surface area contributed by atoms with Crippen LogP contribution in [0.15, 0.2) is 12.2 Å². The van der Waals surface area contributed by atoms with Crippen LogP contribution in [-0.4, -0.2) is 29.6 Å². The van der Waals surface area contributed by atoms with Crippen molar-refractivity contribution in [1.29, 1.82) is 0 Å². The summed E-state index contributed by atoms with van der Waals surface area (Å²) < 4.78 is 31.3. The van der Waals surface area contributed by atoms with Crippen molar-refractivity contribution in [2.75, 3.05) is 11.5 Å². The molecule has 0 aliphatic heterocycles. The first kappa shape index (κ1) is 29.9. The number of hydrogen-bond donors (Lipinski definition) is 0. The molecule has 0 N–H and O–H groups in total. The number of rotatable bonds is 18. The third kappa shape index (κ3) is 26.7. The van der Waals surface area contributed by atoms with Gasteiger partial charge in [-0.15, -0.1) is 0 Å². The van der Waals surface area contributed by atoms with Gasteiger partial charge >= 0.3 is 29.6 Å². The van der Waals surface area contributed by atoms with E-state index in [-0.39, 0.29) is 40.4 Å². The predicted molar refractivity (Wildman–Crippen MR) is 111 cm³/mol. The molecule has 0 aliphatic rings. The molecule has 0 saturated carbocycles. The Labute approximate surface area is 193 Å². The van der Waals surface area contributed by atoms with Gasteiger partial charge in [-0.3, -0.25) is 4.79 Å². The fraction of sp³-hybridized carbons (Fsp3) is 0.850. The molecule has 0 unspecified atom stereocenters. The number of carbonyl (C=O) groups excluding carboxylic acids is 1. The van der Waals surface area contributed by atoms with Crippen molar-refractivity contribution in [3.8, 4) is 0 Å². The molecule has 27 heavy (non-hydrogen) atoms. The van der Waals surface area contributed by atoms with Crippen LogP contribution < -0.4 is 29.6 Å². The second-order valence-electron chi connectivity index (χ2n) is 6.82. The number of carbonyl (C=O) groups is 1. The molecule has 0 spiro atoms. The summed E-state index contributed by atoms with van der Waals surface area (Å²) in [4.78, 5) is 11.5. The molecule has 0 aliphatic carbocycles. The molecule has 0 rings (SSSR count). The molecule has 0 amide bonds. The summed E-state index contributed by atoms with van der Waals surface area (Å²) in [5.41, 5.74) is 0. The van der Waals surface area contributed by atoms with E-state index < -0.39 is 15.9 Å². The minimum atomic E-state index is -4.20. The zero-order valence-corrected chi connectivity index (χ0v) is 21.1. The van der Waals surface area contributed by atoms with Gasteiger partial charge < -0.3 is 4.55 Å². The van der Waals surface area contributed by atoms with E-state index in [1.165, 1.54) is 57.8 Å². The fourth-order valence-electron chi connectivity index (χ4n) is 2.67. The molecular weight excluding hydrogens is 391 g/mol. The van der Waals surface area contributed by atoms with Crippen molar-refractivity contribution in [3.63, 3.8) is 0 Å². The molecule has 0 saturated heterocycles. The van der Waals surface area contributed by atoms with Crippen LogP contribution in [0, 0.1) is 0 Å². The first-order valence-corrected chi connectivity index (χ1v) is 12.8. The SMILES string of the molecule is CCCCCCCC/C=C\CCCCCCCC(=O)SCCS(=O)(=O)[O-].[Na+]. The van der Waals surface area contributed by atoms with Gasteiger partial charge in [0, 0.05) is 17.9 Å². The van der Waals surface area contributed by atoms with Gasteiger partial charge in [-0.2, -0.15) is 0 Å². The van der Waals surface area contributed by atoms with Crippen LogP contribution in [0.1, 0.15) is 96.8 Å². The number of hydrogen-bond acceptors (Lipinski definition) is 5. The van der Waals surface area contributed by atoms with Crippen molar-refractivity contribution in [1.82, 2.24) is 0 Å². The summed E-state index contributed by atoms with van der Waals surface area (Å²) >= 11 is 0.963. The predicted octanol–water partition coefficient (Wildman–Crippen LogP) is 2.83. The Morgan fingerprint density at radius 3 is 1.85 bits per heavy atom. The molecular formula is C20H37NaO4S2. The second-order valence-corrected chi connectivity index (χ2v) is 9.49. The fourth-order valence-corrected chi connectivity index (χ4v) is 4.34. The molecule has 0 atom stereocenters. The number of allylic oxidation sites excluding steroid dienone is 2. The van der Waals surface area contributed by atoms with Gasteiger partial charge in [-0.05, 0) is 32.1 Å². The van der Waals surface area contributed by atoms with Crippen LogP contribution in [0.4, 0.5) is 0 Å². The van der Waals surface area contributed by atoms with E-state index >= 15 is 0 Å². The van der Waals surface area contributed by atoms with Gasteiger partial charge in [0.05, 0.1) is 10.1 Å². The van der Waals surface area contributed by atoms with E-state index in [0.717, 1.165) is 37.4 Å². The second kappa shape index (κ2) is 21.4. The largest absolute Gasteiger partial charge is 1.00 e. The van der Waals surface area contributed by atoms with Crippen LogP contribution in [0.3, 0.4) is 0 Å². The van der Waals surface area contributed by atoms with E-state index in [9.17, 15) is 17.8 Å². The summed E-state index contributed by atoms with van der Waals surface area (Å²) in [5.74, 6) is -0.383. The maximum absolute atomic E-state index is 11.5. The van der Waals surface area contributed by atoms with Crippen LogP contribution >= 0.6 is 11.8 Å². The van der Waals surface area contributed by atoms with E-state index in [4.69, 9.17) is 0 Å². The van der Waals surface area contributed by atoms with Crippen molar-refractivity contribution in [2.45, 2.75) is 96.8 Å². The summed E-state index contributed by atoms with van der Waals surface area (Å²) in [7, 11) is -4.20. The van der Waals surface area contributed by atoms with Gasteiger partial charge in [0.25, 0.3) is 0 Å². The van der Waals surface area contributed by atoms with Gasteiger partial charge in [0.1, 0.15) is 0 Å². The summed E-state index contributed by atoms with van der Waals surface area (Å²) in [6.45, 7) is 2.25. The van der Waals surface area contributed by atoms with Crippen LogP contribution in [0.5, 0.6) is 0 Å². The Hall–Kier alpha value is 0.670. The van der Waals surface area contributed by atoms with Crippen LogP contribution in [0.2, 0.25) is 0 Å². The first-order valence-electron chi connectivity index (χ1n) is 10.2. The van der Waals surface area contributed by atoms with Gasteiger partial charge in [-0.25, -0.2) is 8.42 Å². The molecule has 0 bridgehead atoms. The topological polar surface area (TPSA) is 74.3 Å². The van der Waals surface area contributed by atoms with Gasteiger partial charge in [0.2, 0.25) is 0 Å². The van der Waals surface area contributed by atoms with Crippen molar-refractivity contribution in [2.24, 2.45) is 0 Å². The minimum Gasteiger partial charge on any atom is -0.748 e. The molecule has 154 valence electrons. The van der Waals surface area contributed by atoms with E-state index in [1.54, 1.807) is 0 Å². The molecule has 0 aromatic heterocycles. The van der Waals surface area contributed by atoms with Crippen LogP contribution in [-0.2, 0) is 14.9 Å². The number of thioether (sulfide) groups is 1. The monoisotopic (exact) mass is 428 g/mol. The molecule has 0 heterocycles. The molecule has 7 heteroatoms. The first-order chi connectivity index (χ1) is 12.5. The summed E-state index contributed by atoms with van der Waals surface area (Å²) in [5, 5.41) is -0.00808. The Kier molecular flexibility index (Phi) is 23.7. The van der Waals surface area contributed by atoms with Crippen LogP contribution in [0.25, 0.3) is 0 Å². The Morgan fingerprint density at radius 2 is 1.33 bits per heavy atom. The Morgan fingerprint density at radius 1 is 0.852 bits per heavy atom. The molecule has 0 fully saturated rings. The smallest absolute Gasteiger partial charge is 0.748 e. The number of unbranched alkanes of at least 4 members (excludes halogenated alkanes) is 11. The average Bonchev–Trinajstić information content (AvgIpc) is 2.57. The van der Waals surface area contributed by atoms with Crippen molar-refractivity contribution in [3.05, 3.63) is 12.2 Å². The third-order valence-corrected chi connectivity index (χ3v) is 6.14. The Balaban J connectivity index is 0. The molecule has 0 aromatic rings. The zero-order chi connectivity index (χ0) is 19.5. The standard InChI is InChI=1S/C20H38O4S2.Na/c1-2-3-4-5-6-7-8-9-10-11-12-13-14-15-16-17-20(21)25-18-19-26(22,23)24;/h9-10H,2-8,11-19H2,1H3,(H,22,23,24);/q;+1/p-1/b10-9-;. The van der Waals surface area contributed by atoms with Crippen molar-refractivity contribution >= 4 is 27.0 Å². The maximum atomic E-state index is 11.5. The quantitative estimate of drug-likeness (QED) is 0.145. The zero-order valence-electron chi connectivity index (χ0n) is 17.4. The maximum Gasteiger partial charge on any atom is 1.00 e. The molecule has 4 nitrogen and oxygen atoms in total. The molecule has 0 aromatic carbocycles. The van der Waals surface area contributed by atoms with Crippen molar-refractivity contribution < 1.29 is 47.3 Å². The minimum absolute atomic E-state index is 0. The Bertz CT molecular complexity index is 465. The van der Waals surface area contributed by atoms with Gasteiger partial charge in [0.15, 0.2) is 5.12 Å². The summed E-state index contributed by atoms with van der Waals surface area (Å²) in [6, 6.07) is 0. The third-order valence-electron chi connectivity index (χ3n) is 4.24. The van der Waals surface area contributed by atoms with Gasteiger partial charge in [-0.1, -0.05) is 82.2 Å². The average molecular weight is 429 g/mol. The normalized spacial score (nSPS) is 11.6. The summed E-state index contributed by atoms with van der Waals surface area (Å²) in [6.07, 6.45) is 21.0. The van der Waals surface area contributed by atoms with E-state index in [0.29, 0.717) is 6.42 Å². The molecule has 0 radical (unpaired) electrons.